The molecule has 2 heterocycles. The molecule has 0 spiro atoms. The molecule has 0 amide bonds. The molecule has 2 aromatic heterocycles. The van der Waals surface area contributed by atoms with Crippen molar-refractivity contribution in [3.05, 3.63) is 21.4 Å². The van der Waals surface area contributed by atoms with Gasteiger partial charge in [0.2, 0.25) is 5.95 Å². The van der Waals surface area contributed by atoms with Crippen LogP contribution in [-0.4, -0.2) is 20.2 Å². The van der Waals surface area contributed by atoms with Crippen molar-refractivity contribution < 1.29 is 0 Å². The van der Waals surface area contributed by atoms with Crippen molar-refractivity contribution in [3.63, 3.8) is 0 Å². The number of thiophene rings is 1. The van der Waals surface area contributed by atoms with E-state index in [-0.39, 0.29) is 6.04 Å². The quantitative estimate of drug-likeness (QED) is 0.887. The lowest BCUT2D eigenvalue weighted by Gasteiger charge is -2.13. The van der Waals surface area contributed by atoms with Crippen molar-refractivity contribution in [1.29, 1.82) is 0 Å². The number of anilines is 1. The van der Waals surface area contributed by atoms with Crippen molar-refractivity contribution >= 4 is 17.3 Å². The van der Waals surface area contributed by atoms with Gasteiger partial charge in [0.15, 0.2) is 0 Å². The van der Waals surface area contributed by atoms with Gasteiger partial charge in [0.25, 0.3) is 0 Å². The van der Waals surface area contributed by atoms with Crippen molar-refractivity contribution in [3.8, 4) is 0 Å². The Morgan fingerprint density at radius 2 is 2.19 bits per heavy atom. The van der Waals surface area contributed by atoms with Gasteiger partial charge in [-0.05, 0) is 42.8 Å². The van der Waals surface area contributed by atoms with E-state index in [9.17, 15) is 0 Å². The maximum atomic E-state index is 3.91. The van der Waals surface area contributed by atoms with Crippen LogP contribution in [0, 0.1) is 13.8 Å². The van der Waals surface area contributed by atoms with Gasteiger partial charge in [-0.2, -0.15) is 0 Å². The molecule has 0 aromatic carbocycles. The summed E-state index contributed by atoms with van der Waals surface area (Å²) in [4.78, 5) is 2.67. The van der Waals surface area contributed by atoms with Gasteiger partial charge in [-0.1, -0.05) is 5.10 Å². The lowest BCUT2D eigenvalue weighted by molar-refractivity contribution is 0.706. The Hall–Kier alpha value is -1.43. The molecule has 0 aliphatic heterocycles. The lowest BCUT2D eigenvalue weighted by atomic mass is 10.1. The van der Waals surface area contributed by atoms with Crippen LogP contribution in [0.4, 0.5) is 5.95 Å². The standard InChI is InChI=1S/C10H15N5S/c1-6-5-9(8(3)16-6)7(2)11-10-12-13-14-15(10)4/h5,7H,1-4H3,(H,11,12,14). The Morgan fingerprint density at radius 1 is 1.44 bits per heavy atom. The number of rotatable bonds is 3. The third-order valence-corrected chi connectivity index (χ3v) is 3.49. The summed E-state index contributed by atoms with van der Waals surface area (Å²) in [5, 5.41) is 14.6. The zero-order chi connectivity index (χ0) is 11.7. The molecule has 1 unspecified atom stereocenters. The number of aromatic nitrogens is 4. The largest absolute Gasteiger partial charge is 0.347 e. The summed E-state index contributed by atoms with van der Waals surface area (Å²) in [5.41, 5.74) is 1.31. The summed E-state index contributed by atoms with van der Waals surface area (Å²) in [7, 11) is 1.82. The SMILES string of the molecule is Cc1cc(C(C)Nc2nnnn2C)c(C)s1. The molecule has 0 aliphatic rings. The van der Waals surface area contributed by atoms with E-state index in [1.54, 1.807) is 4.68 Å². The maximum Gasteiger partial charge on any atom is 0.243 e. The first-order valence-electron chi connectivity index (χ1n) is 5.13. The molecule has 0 saturated carbocycles. The summed E-state index contributed by atoms with van der Waals surface area (Å²) in [6.45, 7) is 6.38. The second-order valence-electron chi connectivity index (χ2n) is 3.86. The zero-order valence-electron chi connectivity index (χ0n) is 9.85. The molecular formula is C10H15N5S. The number of nitrogens with one attached hydrogen (secondary N) is 1. The Bertz CT molecular complexity index is 487. The van der Waals surface area contributed by atoms with E-state index in [2.05, 4.69) is 47.7 Å². The van der Waals surface area contributed by atoms with Gasteiger partial charge in [0.05, 0.1) is 6.04 Å². The van der Waals surface area contributed by atoms with Gasteiger partial charge in [-0.3, -0.25) is 0 Å². The first kappa shape index (κ1) is 11.1. The molecule has 0 saturated heterocycles. The van der Waals surface area contributed by atoms with E-state index in [1.807, 2.05) is 18.4 Å². The van der Waals surface area contributed by atoms with Crippen LogP contribution >= 0.6 is 11.3 Å². The van der Waals surface area contributed by atoms with Crippen LogP contribution in [0.2, 0.25) is 0 Å². The molecule has 5 nitrogen and oxygen atoms in total. The fourth-order valence-corrected chi connectivity index (χ4v) is 2.73. The predicted molar refractivity (Wildman–Crippen MR) is 64.6 cm³/mol. The molecule has 2 aromatic rings. The molecule has 2 rings (SSSR count). The number of tetrazole rings is 1. The van der Waals surface area contributed by atoms with E-state index < -0.39 is 0 Å². The van der Waals surface area contributed by atoms with Gasteiger partial charge in [-0.15, -0.1) is 11.3 Å². The minimum Gasteiger partial charge on any atom is -0.347 e. The molecule has 1 atom stereocenters. The lowest BCUT2D eigenvalue weighted by Crippen LogP contribution is -2.11. The van der Waals surface area contributed by atoms with Gasteiger partial charge in [0.1, 0.15) is 0 Å². The molecule has 86 valence electrons. The van der Waals surface area contributed by atoms with Crippen LogP contribution in [0.25, 0.3) is 0 Å². The highest BCUT2D eigenvalue weighted by molar-refractivity contribution is 7.12. The van der Waals surface area contributed by atoms with Crippen LogP contribution in [-0.2, 0) is 7.05 Å². The van der Waals surface area contributed by atoms with Crippen molar-refractivity contribution in [2.45, 2.75) is 26.8 Å². The minimum absolute atomic E-state index is 0.217. The minimum atomic E-state index is 0.217. The summed E-state index contributed by atoms with van der Waals surface area (Å²) >= 11 is 1.82. The van der Waals surface area contributed by atoms with Crippen LogP contribution < -0.4 is 5.32 Å². The molecule has 16 heavy (non-hydrogen) atoms. The summed E-state index contributed by atoms with van der Waals surface area (Å²) in [6.07, 6.45) is 0. The third-order valence-electron chi connectivity index (χ3n) is 2.51. The molecule has 0 bridgehead atoms. The van der Waals surface area contributed by atoms with Gasteiger partial charge < -0.3 is 5.32 Å². The highest BCUT2D eigenvalue weighted by Crippen LogP contribution is 2.27. The molecule has 0 radical (unpaired) electrons. The van der Waals surface area contributed by atoms with Crippen LogP contribution in [0.15, 0.2) is 6.07 Å². The van der Waals surface area contributed by atoms with Crippen molar-refractivity contribution in [2.24, 2.45) is 7.05 Å². The van der Waals surface area contributed by atoms with Crippen LogP contribution in [0.3, 0.4) is 0 Å². The monoisotopic (exact) mass is 237 g/mol. The second kappa shape index (κ2) is 4.21. The normalized spacial score (nSPS) is 12.8. The fourth-order valence-electron chi connectivity index (χ4n) is 1.70. The predicted octanol–water partition coefficient (Wildman–Crippen LogP) is 2.06. The Morgan fingerprint density at radius 3 is 2.69 bits per heavy atom. The summed E-state index contributed by atoms with van der Waals surface area (Å²) < 4.78 is 1.63. The average molecular weight is 237 g/mol. The topological polar surface area (TPSA) is 55.6 Å². The first-order valence-corrected chi connectivity index (χ1v) is 5.95. The van der Waals surface area contributed by atoms with E-state index >= 15 is 0 Å². The van der Waals surface area contributed by atoms with Crippen molar-refractivity contribution in [1.82, 2.24) is 20.2 Å². The van der Waals surface area contributed by atoms with Crippen LogP contribution in [0.1, 0.15) is 28.3 Å². The van der Waals surface area contributed by atoms with E-state index in [4.69, 9.17) is 0 Å². The first-order chi connectivity index (χ1) is 7.58. The number of hydrogen-bond donors (Lipinski definition) is 1. The Kier molecular flexibility index (Phi) is 2.91. The molecule has 6 heteroatoms. The van der Waals surface area contributed by atoms with Crippen LogP contribution in [0.5, 0.6) is 0 Å². The highest BCUT2D eigenvalue weighted by Gasteiger charge is 2.13. The summed E-state index contributed by atoms with van der Waals surface area (Å²) in [5.74, 6) is 0.691. The molecular weight excluding hydrogens is 222 g/mol. The number of aryl methyl sites for hydroxylation is 3. The summed E-state index contributed by atoms with van der Waals surface area (Å²) in [6, 6.07) is 2.43. The van der Waals surface area contributed by atoms with E-state index in [1.165, 1.54) is 15.3 Å². The van der Waals surface area contributed by atoms with Gasteiger partial charge >= 0.3 is 0 Å². The maximum absolute atomic E-state index is 3.91. The Labute approximate surface area is 98.5 Å². The fraction of sp³-hybridized carbons (Fsp3) is 0.500. The van der Waals surface area contributed by atoms with Gasteiger partial charge in [0, 0.05) is 16.8 Å². The molecule has 0 fully saturated rings. The second-order valence-corrected chi connectivity index (χ2v) is 5.32. The van der Waals surface area contributed by atoms with E-state index in [0.717, 1.165) is 0 Å². The molecule has 1 N–H and O–H groups in total. The highest BCUT2D eigenvalue weighted by atomic mass is 32.1. The van der Waals surface area contributed by atoms with Crippen molar-refractivity contribution in [2.75, 3.05) is 5.32 Å². The van der Waals surface area contributed by atoms with E-state index in [0.29, 0.717) is 5.95 Å². The smallest absolute Gasteiger partial charge is 0.243 e. The van der Waals surface area contributed by atoms with Gasteiger partial charge in [-0.25, -0.2) is 4.68 Å². The molecule has 0 aliphatic carbocycles. The average Bonchev–Trinajstić information content (AvgIpc) is 2.74. The third kappa shape index (κ3) is 2.06. The zero-order valence-corrected chi connectivity index (χ0v) is 10.7. The number of nitrogens with zero attached hydrogens (tertiary/aromatic N) is 4. The number of hydrogen-bond acceptors (Lipinski definition) is 5. The Balaban J connectivity index is 2.17.